The number of nitrogens with zero attached hydrogens (tertiary/aromatic N) is 1. The molecule has 2 aromatic carbocycles. The molecule has 0 aliphatic carbocycles. The number of hydrogen-bond donors (Lipinski definition) is 3. The van der Waals surface area contributed by atoms with E-state index in [2.05, 4.69) is 16.0 Å². The van der Waals surface area contributed by atoms with Crippen LogP contribution in [-0.4, -0.2) is 66.2 Å². The van der Waals surface area contributed by atoms with Gasteiger partial charge in [-0.3, -0.25) is 14.4 Å². The average molecular weight is 519 g/mol. The number of likely N-dealkylation sites (tertiary alicyclic amines) is 1. The number of hydrogen-bond acceptors (Lipinski definition) is 5. The number of aldehydes is 1. The van der Waals surface area contributed by atoms with Crippen LogP contribution in [-0.2, 0) is 32.0 Å². The molecule has 2 saturated heterocycles. The zero-order valence-electron chi connectivity index (χ0n) is 21.8. The van der Waals surface area contributed by atoms with Gasteiger partial charge < -0.3 is 25.6 Å². The SMILES string of the molecule is O=C[C@@H]1CCCN1C(=O)[C@H](CCc1ccccc1)NC(=O)C[C@H](Cc1ccccc1)NC(=O)[C@@H]1CCCN1. The Labute approximate surface area is 224 Å². The van der Waals surface area contributed by atoms with Crippen molar-refractivity contribution in [1.82, 2.24) is 20.9 Å². The molecule has 38 heavy (non-hydrogen) atoms. The van der Waals surface area contributed by atoms with Crippen molar-refractivity contribution in [3.63, 3.8) is 0 Å². The minimum Gasteiger partial charge on any atom is -0.351 e. The molecule has 4 atom stereocenters. The number of rotatable bonds is 12. The zero-order chi connectivity index (χ0) is 26.7. The third kappa shape index (κ3) is 7.74. The van der Waals surface area contributed by atoms with Gasteiger partial charge in [0, 0.05) is 19.0 Å². The maximum atomic E-state index is 13.5. The van der Waals surface area contributed by atoms with Gasteiger partial charge in [0.25, 0.3) is 0 Å². The van der Waals surface area contributed by atoms with E-state index >= 15 is 0 Å². The number of benzene rings is 2. The van der Waals surface area contributed by atoms with Gasteiger partial charge in [-0.15, -0.1) is 0 Å². The Balaban J connectivity index is 1.44. The summed E-state index contributed by atoms with van der Waals surface area (Å²) in [5.41, 5.74) is 2.10. The Hall–Kier alpha value is -3.52. The molecular weight excluding hydrogens is 480 g/mol. The lowest BCUT2D eigenvalue weighted by molar-refractivity contribution is -0.139. The second kappa shape index (κ2) is 13.9. The minimum absolute atomic E-state index is 0.0551. The molecule has 2 fully saturated rings. The van der Waals surface area contributed by atoms with Crippen LogP contribution in [0, 0.1) is 0 Å². The van der Waals surface area contributed by atoms with Crippen LogP contribution in [0.1, 0.15) is 49.7 Å². The Morgan fingerprint density at radius 3 is 2.32 bits per heavy atom. The molecule has 0 unspecified atom stereocenters. The second-order valence-corrected chi connectivity index (χ2v) is 10.3. The van der Waals surface area contributed by atoms with Gasteiger partial charge in [0.15, 0.2) is 0 Å². The van der Waals surface area contributed by atoms with Crippen molar-refractivity contribution < 1.29 is 19.2 Å². The monoisotopic (exact) mass is 518 g/mol. The van der Waals surface area contributed by atoms with Crippen LogP contribution in [0.5, 0.6) is 0 Å². The molecule has 202 valence electrons. The van der Waals surface area contributed by atoms with Gasteiger partial charge in [0.2, 0.25) is 17.7 Å². The fourth-order valence-corrected chi connectivity index (χ4v) is 5.38. The summed E-state index contributed by atoms with van der Waals surface area (Å²) >= 11 is 0. The van der Waals surface area contributed by atoms with Crippen LogP contribution in [0.15, 0.2) is 60.7 Å². The average Bonchev–Trinajstić information content (AvgIpc) is 3.64. The number of carbonyl (C=O) groups excluding carboxylic acids is 4. The molecule has 3 amide bonds. The summed E-state index contributed by atoms with van der Waals surface area (Å²) in [5, 5.41) is 9.23. The molecule has 2 aliphatic heterocycles. The van der Waals surface area contributed by atoms with Gasteiger partial charge in [-0.05, 0) is 62.6 Å². The summed E-state index contributed by atoms with van der Waals surface area (Å²) in [5.74, 6) is -0.611. The molecule has 4 rings (SSSR count). The van der Waals surface area contributed by atoms with E-state index in [-0.39, 0.29) is 30.2 Å². The Morgan fingerprint density at radius 2 is 1.66 bits per heavy atom. The van der Waals surface area contributed by atoms with E-state index in [0.717, 1.165) is 43.2 Å². The summed E-state index contributed by atoms with van der Waals surface area (Å²) in [4.78, 5) is 52.8. The van der Waals surface area contributed by atoms with E-state index < -0.39 is 18.1 Å². The molecule has 0 radical (unpaired) electrons. The highest BCUT2D eigenvalue weighted by atomic mass is 16.2. The summed E-state index contributed by atoms with van der Waals surface area (Å²) < 4.78 is 0. The quantitative estimate of drug-likeness (QED) is 0.373. The van der Waals surface area contributed by atoms with E-state index in [4.69, 9.17) is 0 Å². The van der Waals surface area contributed by atoms with Crippen LogP contribution >= 0.6 is 0 Å². The summed E-state index contributed by atoms with van der Waals surface area (Å²) in [6.07, 6.45) is 5.58. The molecule has 0 aromatic heterocycles. The molecule has 8 heteroatoms. The third-order valence-corrected chi connectivity index (χ3v) is 7.42. The predicted molar refractivity (Wildman–Crippen MR) is 145 cm³/mol. The minimum atomic E-state index is -0.743. The lowest BCUT2D eigenvalue weighted by atomic mass is 10.0. The molecule has 8 nitrogen and oxygen atoms in total. The number of nitrogens with one attached hydrogen (secondary N) is 3. The van der Waals surface area contributed by atoms with Crippen LogP contribution in [0.2, 0.25) is 0 Å². The van der Waals surface area contributed by atoms with Crippen molar-refractivity contribution in [2.24, 2.45) is 0 Å². The second-order valence-electron chi connectivity index (χ2n) is 10.3. The van der Waals surface area contributed by atoms with Gasteiger partial charge in [-0.1, -0.05) is 60.7 Å². The molecule has 2 aromatic rings. The Kier molecular flexibility index (Phi) is 10.0. The van der Waals surface area contributed by atoms with Crippen molar-refractivity contribution in [3.8, 4) is 0 Å². The van der Waals surface area contributed by atoms with Crippen LogP contribution in [0.4, 0.5) is 0 Å². The smallest absolute Gasteiger partial charge is 0.245 e. The Morgan fingerprint density at radius 1 is 0.947 bits per heavy atom. The predicted octanol–water partition coefficient (Wildman–Crippen LogP) is 2.16. The first-order valence-corrected chi connectivity index (χ1v) is 13.7. The maximum Gasteiger partial charge on any atom is 0.245 e. The van der Waals surface area contributed by atoms with Gasteiger partial charge in [-0.25, -0.2) is 0 Å². The van der Waals surface area contributed by atoms with Gasteiger partial charge in [0.05, 0.1) is 12.1 Å². The van der Waals surface area contributed by atoms with Gasteiger partial charge in [0.1, 0.15) is 12.3 Å². The fraction of sp³-hybridized carbons (Fsp3) is 0.467. The highest BCUT2D eigenvalue weighted by Gasteiger charge is 2.34. The van der Waals surface area contributed by atoms with Crippen LogP contribution in [0.25, 0.3) is 0 Å². The van der Waals surface area contributed by atoms with Gasteiger partial charge in [-0.2, -0.15) is 0 Å². The van der Waals surface area contributed by atoms with Gasteiger partial charge >= 0.3 is 0 Å². The van der Waals surface area contributed by atoms with E-state index in [1.54, 1.807) is 4.90 Å². The fourth-order valence-electron chi connectivity index (χ4n) is 5.38. The van der Waals surface area contributed by atoms with Crippen molar-refractivity contribution in [1.29, 1.82) is 0 Å². The number of aryl methyl sites for hydroxylation is 1. The molecule has 0 saturated carbocycles. The first kappa shape index (κ1) is 27.5. The van der Waals surface area contributed by atoms with Crippen molar-refractivity contribution in [2.45, 2.75) is 75.5 Å². The molecule has 0 bridgehead atoms. The molecular formula is C30H38N4O4. The van der Waals surface area contributed by atoms with Crippen molar-refractivity contribution in [2.75, 3.05) is 13.1 Å². The van der Waals surface area contributed by atoms with E-state index in [0.29, 0.717) is 32.2 Å². The van der Waals surface area contributed by atoms with E-state index in [1.807, 2.05) is 60.7 Å². The summed E-state index contributed by atoms with van der Waals surface area (Å²) in [7, 11) is 0. The first-order chi connectivity index (χ1) is 18.5. The highest BCUT2D eigenvalue weighted by Crippen LogP contribution is 2.19. The molecule has 3 N–H and O–H groups in total. The zero-order valence-corrected chi connectivity index (χ0v) is 21.8. The molecule has 2 heterocycles. The van der Waals surface area contributed by atoms with Crippen LogP contribution < -0.4 is 16.0 Å². The highest BCUT2D eigenvalue weighted by molar-refractivity contribution is 5.90. The van der Waals surface area contributed by atoms with Crippen LogP contribution in [0.3, 0.4) is 0 Å². The standard InChI is InChI=1S/C30H38N4O4/c35-21-25-13-8-18-34(25)30(38)27(16-15-22-9-3-1-4-10-22)33-28(36)20-24(19-23-11-5-2-6-12-23)32-29(37)26-14-7-17-31-26/h1-6,9-12,21,24-27,31H,7-8,13-20H2,(H,32,37)(H,33,36)/t24-,25-,26-,27-/m0/s1. The number of carbonyl (C=O) groups is 4. The number of amides is 3. The normalized spacial score (nSPS) is 20.5. The summed E-state index contributed by atoms with van der Waals surface area (Å²) in [6.45, 7) is 1.33. The first-order valence-electron chi connectivity index (χ1n) is 13.7. The molecule has 2 aliphatic rings. The molecule has 0 spiro atoms. The van der Waals surface area contributed by atoms with E-state index in [1.165, 1.54) is 0 Å². The third-order valence-electron chi connectivity index (χ3n) is 7.42. The largest absolute Gasteiger partial charge is 0.351 e. The lowest BCUT2D eigenvalue weighted by Gasteiger charge is -2.28. The van der Waals surface area contributed by atoms with Crippen molar-refractivity contribution in [3.05, 3.63) is 71.8 Å². The summed E-state index contributed by atoms with van der Waals surface area (Å²) in [6, 6.07) is 17.7. The lowest BCUT2D eigenvalue weighted by Crippen LogP contribution is -2.52. The maximum absolute atomic E-state index is 13.5. The van der Waals surface area contributed by atoms with E-state index in [9.17, 15) is 19.2 Å². The Bertz CT molecular complexity index is 1070. The van der Waals surface area contributed by atoms with Crippen molar-refractivity contribution >= 4 is 24.0 Å². The topological polar surface area (TPSA) is 108 Å².